The van der Waals surface area contributed by atoms with Crippen LogP contribution in [0.15, 0.2) is 30.6 Å². The zero-order valence-corrected chi connectivity index (χ0v) is 11.9. The highest BCUT2D eigenvalue weighted by atomic mass is 16.6. The van der Waals surface area contributed by atoms with Gasteiger partial charge in [-0.05, 0) is 25.0 Å². The van der Waals surface area contributed by atoms with E-state index in [2.05, 4.69) is 5.10 Å². The standard InChI is InChI=1S/C14H17N3O4/c1-3-6-16-9-12(8-15-16)21-14-5-4-11(10(2)18)7-13(14)17(19)20/h4-5,7-10,18H,3,6H2,1-2H3. The molecule has 0 amide bonds. The molecule has 7 heteroatoms. The molecular formula is C14H17N3O4. The van der Waals surface area contributed by atoms with Crippen LogP contribution in [0, 0.1) is 10.1 Å². The highest BCUT2D eigenvalue weighted by Crippen LogP contribution is 2.33. The third-order valence-electron chi connectivity index (χ3n) is 2.95. The maximum Gasteiger partial charge on any atom is 0.311 e. The van der Waals surface area contributed by atoms with E-state index >= 15 is 0 Å². The SMILES string of the molecule is CCCn1cc(Oc2ccc(C(C)O)cc2[N+](=O)[O-])cn1. The highest BCUT2D eigenvalue weighted by molar-refractivity contribution is 5.50. The molecule has 7 nitrogen and oxygen atoms in total. The fourth-order valence-electron chi connectivity index (χ4n) is 1.90. The minimum Gasteiger partial charge on any atom is -0.447 e. The molecule has 0 saturated heterocycles. The molecule has 0 bridgehead atoms. The molecule has 2 rings (SSSR count). The molecular weight excluding hydrogens is 274 g/mol. The van der Waals surface area contributed by atoms with Gasteiger partial charge in [0.05, 0.1) is 23.4 Å². The summed E-state index contributed by atoms with van der Waals surface area (Å²) in [7, 11) is 0. The van der Waals surface area contributed by atoms with E-state index in [0.29, 0.717) is 11.3 Å². The number of nitro groups is 1. The average Bonchev–Trinajstić information content (AvgIpc) is 2.86. The molecule has 1 aromatic heterocycles. The summed E-state index contributed by atoms with van der Waals surface area (Å²) in [6.07, 6.45) is 3.37. The fourth-order valence-corrected chi connectivity index (χ4v) is 1.90. The number of nitro benzene ring substituents is 1. The van der Waals surface area contributed by atoms with Crippen molar-refractivity contribution in [1.82, 2.24) is 9.78 Å². The van der Waals surface area contributed by atoms with Gasteiger partial charge in [0.1, 0.15) is 0 Å². The third-order valence-corrected chi connectivity index (χ3v) is 2.95. The summed E-state index contributed by atoms with van der Waals surface area (Å²) in [5.41, 5.74) is 0.285. The number of aliphatic hydroxyl groups excluding tert-OH is 1. The number of nitrogens with zero attached hydrogens (tertiary/aromatic N) is 3. The van der Waals surface area contributed by atoms with Crippen LogP contribution in [0.1, 0.15) is 31.9 Å². The van der Waals surface area contributed by atoms with Gasteiger partial charge in [-0.25, -0.2) is 0 Å². The third kappa shape index (κ3) is 3.57. The minimum absolute atomic E-state index is 0.125. The van der Waals surface area contributed by atoms with Gasteiger partial charge in [0, 0.05) is 12.6 Å². The Morgan fingerprint density at radius 1 is 1.52 bits per heavy atom. The Balaban J connectivity index is 2.27. The lowest BCUT2D eigenvalue weighted by molar-refractivity contribution is -0.385. The molecule has 1 N–H and O–H groups in total. The molecule has 0 aliphatic rings. The molecule has 1 aromatic carbocycles. The molecule has 21 heavy (non-hydrogen) atoms. The van der Waals surface area contributed by atoms with E-state index in [-0.39, 0.29) is 11.4 Å². The Morgan fingerprint density at radius 2 is 2.29 bits per heavy atom. The van der Waals surface area contributed by atoms with E-state index in [1.165, 1.54) is 18.3 Å². The summed E-state index contributed by atoms with van der Waals surface area (Å²) < 4.78 is 7.24. The largest absolute Gasteiger partial charge is 0.447 e. The smallest absolute Gasteiger partial charge is 0.311 e. The van der Waals surface area contributed by atoms with Gasteiger partial charge in [-0.1, -0.05) is 13.0 Å². The van der Waals surface area contributed by atoms with Crippen LogP contribution >= 0.6 is 0 Å². The van der Waals surface area contributed by atoms with E-state index in [9.17, 15) is 15.2 Å². The van der Waals surface area contributed by atoms with Crippen molar-refractivity contribution in [3.8, 4) is 11.5 Å². The number of benzene rings is 1. The van der Waals surface area contributed by atoms with E-state index < -0.39 is 11.0 Å². The maximum absolute atomic E-state index is 11.1. The van der Waals surface area contributed by atoms with Gasteiger partial charge in [0.2, 0.25) is 5.75 Å². The molecule has 0 fully saturated rings. The number of aromatic nitrogens is 2. The molecule has 1 heterocycles. The second-order valence-electron chi connectivity index (χ2n) is 4.70. The first-order valence-electron chi connectivity index (χ1n) is 6.68. The first-order valence-corrected chi connectivity index (χ1v) is 6.68. The molecule has 1 atom stereocenters. The normalized spacial score (nSPS) is 12.1. The van der Waals surface area contributed by atoms with Crippen LogP contribution in [0.5, 0.6) is 11.5 Å². The lowest BCUT2D eigenvalue weighted by Crippen LogP contribution is -1.97. The minimum atomic E-state index is -0.773. The van der Waals surface area contributed by atoms with Crippen LogP contribution in [-0.2, 0) is 6.54 Å². The summed E-state index contributed by atoms with van der Waals surface area (Å²) in [4.78, 5) is 10.6. The molecule has 0 aliphatic carbocycles. The lowest BCUT2D eigenvalue weighted by atomic mass is 10.1. The van der Waals surface area contributed by atoms with Crippen LogP contribution < -0.4 is 4.74 Å². The monoisotopic (exact) mass is 291 g/mol. The maximum atomic E-state index is 11.1. The molecule has 1 unspecified atom stereocenters. The van der Waals surface area contributed by atoms with Gasteiger partial charge < -0.3 is 9.84 Å². The fraction of sp³-hybridized carbons (Fsp3) is 0.357. The second kappa shape index (κ2) is 6.36. The van der Waals surface area contributed by atoms with Crippen LogP contribution in [0.4, 0.5) is 5.69 Å². The van der Waals surface area contributed by atoms with Crippen molar-refractivity contribution < 1.29 is 14.8 Å². The Morgan fingerprint density at radius 3 is 2.90 bits per heavy atom. The van der Waals surface area contributed by atoms with Crippen LogP contribution in [0.2, 0.25) is 0 Å². The molecule has 0 saturated carbocycles. The first kappa shape index (κ1) is 15.0. The predicted molar refractivity (Wildman–Crippen MR) is 76.3 cm³/mol. The van der Waals surface area contributed by atoms with Crippen molar-refractivity contribution in [3.63, 3.8) is 0 Å². The first-order chi connectivity index (χ1) is 10.0. The number of hydrogen-bond acceptors (Lipinski definition) is 5. The summed E-state index contributed by atoms with van der Waals surface area (Å²) >= 11 is 0. The Labute approximate surface area is 121 Å². The van der Waals surface area contributed by atoms with Crippen molar-refractivity contribution in [1.29, 1.82) is 0 Å². The second-order valence-corrected chi connectivity index (χ2v) is 4.70. The zero-order valence-electron chi connectivity index (χ0n) is 11.9. The summed E-state index contributed by atoms with van der Waals surface area (Å²) in [5.74, 6) is 0.566. The number of ether oxygens (including phenoxy) is 1. The Kier molecular flexibility index (Phi) is 4.54. The van der Waals surface area contributed by atoms with E-state index in [4.69, 9.17) is 4.74 Å². The molecule has 2 aromatic rings. The Bertz CT molecular complexity index is 637. The van der Waals surface area contributed by atoms with E-state index in [0.717, 1.165) is 13.0 Å². The zero-order chi connectivity index (χ0) is 15.4. The van der Waals surface area contributed by atoms with Crippen LogP contribution in [-0.4, -0.2) is 19.8 Å². The van der Waals surface area contributed by atoms with E-state index in [1.807, 2.05) is 6.92 Å². The number of aryl methyl sites for hydroxylation is 1. The lowest BCUT2D eigenvalue weighted by Gasteiger charge is -2.08. The topological polar surface area (TPSA) is 90.4 Å². The van der Waals surface area contributed by atoms with Gasteiger partial charge in [0.15, 0.2) is 5.75 Å². The molecule has 0 radical (unpaired) electrons. The van der Waals surface area contributed by atoms with Crippen molar-refractivity contribution in [3.05, 3.63) is 46.3 Å². The number of hydrogen-bond donors (Lipinski definition) is 1. The van der Waals surface area contributed by atoms with Gasteiger partial charge in [-0.2, -0.15) is 5.10 Å². The van der Waals surface area contributed by atoms with Gasteiger partial charge in [-0.15, -0.1) is 0 Å². The van der Waals surface area contributed by atoms with Crippen LogP contribution in [0.3, 0.4) is 0 Å². The summed E-state index contributed by atoms with van der Waals surface area (Å²) in [6, 6.07) is 4.40. The van der Waals surface area contributed by atoms with Crippen molar-refractivity contribution >= 4 is 5.69 Å². The Hall–Kier alpha value is -2.41. The van der Waals surface area contributed by atoms with Crippen LogP contribution in [0.25, 0.3) is 0 Å². The molecule has 0 aliphatic heterocycles. The van der Waals surface area contributed by atoms with E-state index in [1.54, 1.807) is 23.9 Å². The summed E-state index contributed by atoms with van der Waals surface area (Å²) in [6.45, 7) is 4.34. The molecule has 0 spiro atoms. The van der Waals surface area contributed by atoms with Gasteiger partial charge in [-0.3, -0.25) is 14.8 Å². The number of aliphatic hydroxyl groups is 1. The number of rotatable bonds is 6. The summed E-state index contributed by atoms with van der Waals surface area (Å²) in [5, 5.41) is 24.7. The van der Waals surface area contributed by atoms with Gasteiger partial charge >= 0.3 is 5.69 Å². The van der Waals surface area contributed by atoms with Crippen molar-refractivity contribution in [2.24, 2.45) is 0 Å². The van der Waals surface area contributed by atoms with Crippen molar-refractivity contribution in [2.45, 2.75) is 32.9 Å². The highest BCUT2D eigenvalue weighted by Gasteiger charge is 2.18. The molecule has 112 valence electrons. The van der Waals surface area contributed by atoms with Gasteiger partial charge in [0.25, 0.3) is 0 Å². The predicted octanol–water partition coefficient (Wildman–Crippen LogP) is 3.05. The van der Waals surface area contributed by atoms with Crippen molar-refractivity contribution in [2.75, 3.05) is 0 Å². The average molecular weight is 291 g/mol. The quantitative estimate of drug-likeness (QED) is 0.652.